The number of methoxy groups -OCH3 is 1. The number of hydrogen-bond donors (Lipinski definition) is 1. The third-order valence-corrected chi connectivity index (χ3v) is 5.02. The molecule has 134 valence electrons. The van der Waals surface area contributed by atoms with Crippen molar-refractivity contribution in [3.05, 3.63) is 46.6 Å². The Bertz CT molecular complexity index is 725. The molecule has 0 bridgehead atoms. The van der Waals surface area contributed by atoms with Gasteiger partial charge in [0.25, 0.3) is 0 Å². The van der Waals surface area contributed by atoms with Gasteiger partial charge in [0.05, 0.1) is 12.0 Å². The zero-order chi connectivity index (χ0) is 17.9. The highest BCUT2D eigenvalue weighted by Crippen LogP contribution is 2.44. The van der Waals surface area contributed by atoms with Crippen LogP contribution in [0.1, 0.15) is 49.5 Å². The quantitative estimate of drug-likeness (QED) is 0.817. The van der Waals surface area contributed by atoms with Gasteiger partial charge in [-0.05, 0) is 37.5 Å². The third kappa shape index (κ3) is 3.70. The summed E-state index contributed by atoms with van der Waals surface area (Å²) in [6.45, 7) is 2.37. The van der Waals surface area contributed by atoms with Crippen molar-refractivity contribution < 1.29 is 14.1 Å². The molecule has 1 aliphatic carbocycles. The van der Waals surface area contributed by atoms with E-state index in [1.807, 2.05) is 31.2 Å². The van der Waals surface area contributed by atoms with Crippen LogP contribution < -0.4 is 5.32 Å². The molecule has 1 aliphatic rings. The third-order valence-electron chi connectivity index (χ3n) is 4.77. The molecule has 1 atom stereocenters. The molecule has 1 heterocycles. The summed E-state index contributed by atoms with van der Waals surface area (Å²) in [6.07, 6.45) is 3.27. The Hall–Kier alpha value is -1.92. The minimum absolute atomic E-state index is 0.00906. The van der Waals surface area contributed by atoms with Gasteiger partial charge in [0.1, 0.15) is 6.04 Å². The second kappa shape index (κ2) is 7.54. The summed E-state index contributed by atoms with van der Waals surface area (Å²) < 4.78 is 10.3. The van der Waals surface area contributed by atoms with Crippen molar-refractivity contribution in [3.63, 3.8) is 0 Å². The number of benzene rings is 1. The first kappa shape index (κ1) is 17.9. The highest BCUT2D eigenvalue weighted by atomic mass is 35.5. The Balaban J connectivity index is 1.69. The second-order valence-corrected chi connectivity index (χ2v) is 6.87. The van der Waals surface area contributed by atoms with Gasteiger partial charge >= 0.3 is 0 Å². The van der Waals surface area contributed by atoms with Crippen molar-refractivity contribution in [1.82, 2.24) is 15.5 Å². The van der Waals surface area contributed by atoms with Crippen molar-refractivity contribution in [2.75, 3.05) is 13.7 Å². The molecule has 1 amide bonds. The number of amides is 1. The van der Waals surface area contributed by atoms with E-state index in [2.05, 4.69) is 15.5 Å². The summed E-state index contributed by atoms with van der Waals surface area (Å²) in [5, 5.41) is 7.60. The summed E-state index contributed by atoms with van der Waals surface area (Å²) in [4.78, 5) is 17.3. The Labute approximate surface area is 151 Å². The van der Waals surface area contributed by atoms with Crippen molar-refractivity contribution in [3.8, 4) is 0 Å². The molecule has 0 radical (unpaired) electrons. The summed E-state index contributed by atoms with van der Waals surface area (Å²) in [7, 11) is 1.62. The number of halogens is 1. The molecule has 1 aromatic heterocycles. The number of carbonyl (C=O) groups excluding carboxylic acids is 1. The first-order chi connectivity index (χ1) is 12.0. The van der Waals surface area contributed by atoms with Gasteiger partial charge in [-0.1, -0.05) is 35.3 Å². The Kier molecular flexibility index (Phi) is 5.39. The smallest absolute Gasteiger partial charge is 0.248 e. The molecule has 0 saturated heterocycles. The summed E-state index contributed by atoms with van der Waals surface area (Å²) in [6, 6.07) is 7.17. The SMILES string of the molecule is COCCc1noc([C@H](C)NC(=O)C2(c3ccc(Cl)cc3)CCC2)n1. The highest BCUT2D eigenvalue weighted by Gasteiger charge is 2.46. The van der Waals surface area contributed by atoms with Crippen LogP contribution in [0, 0.1) is 0 Å². The van der Waals surface area contributed by atoms with Crippen LogP contribution in [-0.4, -0.2) is 29.8 Å². The Morgan fingerprint density at radius 2 is 2.12 bits per heavy atom. The lowest BCUT2D eigenvalue weighted by Crippen LogP contribution is -2.49. The van der Waals surface area contributed by atoms with Crippen molar-refractivity contribution in [2.24, 2.45) is 0 Å². The van der Waals surface area contributed by atoms with Gasteiger partial charge < -0.3 is 14.6 Å². The number of nitrogens with zero attached hydrogens (tertiary/aromatic N) is 2. The van der Waals surface area contributed by atoms with Crippen molar-refractivity contribution in [2.45, 2.75) is 44.1 Å². The maximum absolute atomic E-state index is 12.9. The lowest BCUT2D eigenvalue weighted by Gasteiger charge is -2.41. The van der Waals surface area contributed by atoms with Crippen LogP contribution in [0.5, 0.6) is 0 Å². The fourth-order valence-electron chi connectivity index (χ4n) is 3.08. The predicted octanol–water partition coefficient (Wildman–Crippen LogP) is 3.21. The van der Waals surface area contributed by atoms with Crippen LogP contribution in [0.25, 0.3) is 0 Å². The van der Waals surface area contributed by atoms with Gasteiger partial charge in [-0.15, -0.1) is 0 Å². The summed E-state index contributed by atoms with van der Waals surface area (Å²) in [5.41, 5.74) is 0.511. The number of carbonyl (C=O) groups is 1. The Morgan fingerprint density at radius 1 is 1.40 bits per heavy atom. The number of aromatic nitrogens is 2. The first-order valence-electron chi connectivity index (χ1n) is 8.43. The van der Waals surface area contributed by atoms with E-state index in [1.54, 1.807) is 7.11 Å². The molecule has 1 aromatic carbocycles. The average molecular weight is 364 g/mol. The van der Waals surface area contributed by atoms with E-state index < -0.39 is 5.41 Å². The summed E-state index contributed by atoms with van der Waals surface area (Å²) in [5.74, 6) is 0.976. The van der Waals surface area contributed by atoms with Crippen LogP contribution in [0.4, 0.5) is 0 Å². The van der Waals surface area contributed by atoms with Gasteiger partial charge in [0.2, 0.25) is 11.8 Å². The van der Waals surface area contributed by atoms with E-state index in [0.717, 1.165) is 24.8 Å². The topological polar surface area (TPSA) is 77.3 Å². The molecule has 6 nitrogen and oxygen atoms in total. The molecule has 1 N–H and O–H groups in total. The van der Waals surface area contributed by atoms with Crippen molar-refractivity contribution >= 4 is 17.5 Å². The molecule has 25 heavy (non-hydrogen) atoms. The molecule has 0 spiro atoms. The van der Waals surface area contributed by atoms with Crippen LogP contribution >= 0.6 is 11.6 Å². The molecular formula is C18H22ClN3O3. The first-order valence-corrected chi connectivity index (χ1v) is 8.81. The normalized spacial score (nSPS) is 16.9. The van der Waals surface area contributed by atoms with Gasteiger partial charge in [-0.25, -0.2) is 0 Å². The minimum atomic E-state index is -0.488. The Morgan fingerprint density at radius 3 is 2.72 bits per heavy atom. The number of nitrogens with one attached hydrogen (secondary N) is 1. The fraction of sp³-hybridized carbons (Fsp3) is 0.500. The van der Waals surface area contributed by atoms with E-state index in [0.29, 0.717) is 29.8 Å². The largest absolute Gasteiger partial charge is 0.384 e. The predicted molar refractivity (Wildman–Crippen MR) is 93.4 cm³/mol. The number of ether oxygens (including phenoxy) is 1. The van der Waals surface area contributed by atoms with Crippen molar-refractivity contribution in [1.29, 1.82) is 0 Å². The monoisotopic (exact) mass is 363 g/mol. The molecule has 3 rings (SSSR count). The van der Waals surface area contributed by atoms with E-state index in [9.17, 15) is 4.79 Å². The fourth-order valence-corrected chi connectivity index (χ4v) is 3.21. The molecule has 1 fully saturated rings. The lowest BCUT2D eigenvalue weighted by molar-refractivity contribution is -0.130. The zero-order valence-corrected chi connectivity index (χ0v) is 15.2. The van der Waals surface area contributed by atoms with Crippen LogP contribution in [0.15, 0.2) is 28.8 Å². The van der Waals surface area contributed by atoms with Gasteiger partial charge in [-0.2, -0.15) is 4.98 Å². The van der Waals surface area contributed by atoms with Crippen LogP contribution in [-0.2, 0) is 21.4 Å². The minimum Gasteiger partial charge on any atom is -0.384 e. The maximum Gasteiger partial charge on any atom is 0.248 e. The van der Waals surface area contributed by atoms with E-state index in [-0.39, 0.29) is 11.9 Å². The maximum atomic E-state index is 12.9. The number of hydrogen-bond acceptors (Lipinski definition) is 5. The van der Waals surface area contributed by atoms with Gasteiger partial charge in [0, 0.05) is 18.6 Å². The summed E-state index contributed by atoms with van der Waals surface area (Å²) >= 11 is 5.97. The molecule has 1 saturated carbocycles. The number of rotatable bonds is 7. The van der Waals surface area contributed by atoms with E-state index in [4.69, 9.17) is 20.9 Å². The van der Waals surface area contributed by atoms with Gasteiger partial charge in [0.15, 0.2) is 5.82 Å². The molecule has 7 heteroatoms. The highest BCUT2D eigenvalue weighted by molar-refractivity contribution is 6.30. The van der Waals surface area contributed by atoms with E-state index >= 15 is 0 Å². The zero-order valence-electron chi connectivity index (χ0n) is 14.4. The molecule has 0 aliphatic heterocycles. The van der Waals surface area contributed by atoms with Crippen LogP contribution in [0.3, 0.4) is 0 Å². The van der Waals surface area contributed by atoms with Crippen LogP contribution in [0.2, 0.25) is 5.02 Å². The average Bonchev–Trinajstić information content (AvgIpc) is 3.02. The molecule has 2 aromatic rings. The standard InChI is InChI=1S/C18H22ClN3O3/c1-12(16-21-15(22-25-16)8-11-24-2)20-17(23)18(9-3-10-18)13-4-6-14(19)7-5-13/h4-7,12H,3,8-11H2,1-2H3,(H,20,23)/t12-/m0/s1. The second-order valence-electron chi connectivity index (χ2n) is 6.43. The van der Waals surface area contributed by atoms with E-state index in [1.165, 1.54) is 0 Å². The van der Waals surface area contributed by atoms with Gasteiger partial charge in [-0.3, -0.25) is 4.79 Å². The molecular weight excluding hydrogens is 342 g/mol. The lowest BCUT2D eigenvalue weighted by atomic mass is 9.63. The molecule has 0 unspecified atom stereocenters.